The molecule has 1 aromatic rings. The molecule has 1 aliphatic carbocycles. The Labute approximate surface area is 120 Å². The minimum absolute atomic E-state index is 0.151. The van der Waals surface area contributed by atoms with Crippen molar-refractivity contribution < 1.29 is 8.42 Å². The molecule has 20 heavy (non-hydrogen) atoms. The third-order valence-corrected chi connectivity index (χ3v) is 6.55. The van der Waals surface area contributed by atoms with Gasteiger partial charge in [0, 0.05) is 13.1 Å². The molecule has 1 aromatic heterocycles. The second-order valence-corrected chi connectivity index (χ2v) is 7.92. The van der Waals surface area contributed by atoms with Gasteiger partial charge in [-0.3, -0.25) is 5.10 Å². The van der Waals surface area contributed by atoms with E-state index >= 15 is 0 Å². The molecule has 2 heterocycles. The summed E-state index contributed by atoms with van der Waals surface area (Å²) in [5, 5.41) is 6.56. The fourth-order valence-corrected chi connectivity index (χ4v) is 5.13. The first-order chi connectivity index (χ1) is 9.54. The van der Waals surface area contributed by atoms with Crippen LogP contribution < -0.4 is 0 Å². The summed E-state index contributed by atoms with van der Waals surface area (Å²) in [5.41, 5.74) is 0.769. The van der Waals surface area contributed by atoms with Crippen molar-refractivity contribution in [1.29, 1.82) is 0 Å². The van der Waals surface area contributed by atoms with Crippen LogP contribution in [0.2, 0.25) is 0 Å². The van der Waals surface area contributed by atoms with Crippen LogP contribution in [-0.2, 0) is 10.0 Å². The predicted octanol–water partition coefficient (Wildman–Crippen LogP) is 2.23. The maximum Gasteiger partial charge on any atom is 0.246 e. The molecule has 6 heteroatoms. The van der Waals surface area contributed by atoms with E-state index in [1.54, 1.807) is 11.2 Å². The maximum atomic E-state index is 12.7. The highest BCUT2D eigenvalue weighted by atomic mass is 32.2. The van der Waals surface area contributed by atoms with Gasteiger partial charge < -0.3 is 0 Å². The predicted molar refractivity (Wildman–Crippen MR) is 76.7 cm³/mol. The third-order valence-electron chi connectivity index (χ3n) is 4.59. The van der Waals surface area contributed by atoms with Crippen molar-refractivity contribution in [3.63, 3.8) is 0 Å². The van der Waals surface area contributed by atoms with Crippen LogP contribution in [0.3, 0.4) is 0 Å². The summed E-state index contributed by atoms with van der Waals surface area (Å²) >= 11 is 0. The van der Waals surface area contributed by atoms with Crippen molar-refractivity contribution >= 4 is 10.0 Å². The number of piperidine rings is 1. The van der Waals surface area contributed by atoms with E-state index in [1.165, 1.54) is 6.20 Å². The summed E-state index contributed by atoms with van der Waals surface area (Å²) in [4.78, 5) is 0.320. The molecule has 2 aliphatic rings. The zero-order valence-corrected chi connectivity index (χ0v) is 12.6. The number of aromatic nitrogens is 2. The summed E-state index contributed by atoms with van der Waals surface area (Å²) < 4.78 is 27.1. The van der Waals surface area contributed by atoms with Gasteiger partial charge in [0.05, 0.1) is 11.9 Å². The zero-order valence-electron chi connectivity index (χ0n) is 11.8. The van der Waals surface area contributed by atoms with Gasteiger partial charge in [0.2, 0.25) is 10.0 Å². The number of H-pyrrole nitrogens is 1. The van der Waals surface area contributed by atoms with Gasteiger partial charge in [-0.1, -0.05) is 12.2 Å². The normalized spacial score (nSPS) is 28.1. The molecule has 1 atom stereocenters. The molecule has 1 N–H and O–H groups in total. The molecule has 0 radical (unpaired) electrons. The average molecular weight is 295 g/mol. The number of sulfonamides is 1. The van der Waals surface area contributed by atoms with Gasteiger partial charge in [0.15, 0.2) is 0 Å². The van der Waals surface area contributed by atoms with Crippen LogP contribution in [0.25, 0.3) is 0 Å². The highest BCUT2D eigenvalue weighted by molar-refractivity contribution is 7.89. The fourth-order valence-electron chi connectivity index (χ4n) is 3.42. The third kappa shape index (κ3) is 2.31. The first-order valence-electron chi connectivity index (χ1n) is 7.19. The number of allylic oxidation sites excluding steroid dienone is 2. The van der Waals surface area contributed by atoms with Crippen molar-refractivity contribution in [2.24, 2.45) is 5.41 Å². The largest absolute Gasteiger partial charge is 0.281 e. The fraction of sp³-hybridized carbons (Fsp3) is 0.643. The van der Waals surface area contributed by atoms with Crippen LogP contribution in [-0.4, -0.2) is 36.0 Å². The standard InChI is InChI=1S/C14H21N3O2S/c1-12-13(10-15-16-12)20(18,19)17-9-5-8-14(11-17)6-3-2-4-7-14/h2-3,10H,4-9,11H2,1H3,(H,15,16). The topological polar surface area (TPSA) is 66.1 Å². The Balaban J connectivity index is 1.87. The highest BCUT2D eigenvalue weighted by Crippen LogP contribution is 2.42. The monoisotopic (exact) mass is 295 g/mol. The molecular weight excluding hydrogens is 274 g/mol. The van der Waals surface area contributed by atoms with Crippen LogP contribution in [0, 0.1) is 12.3 Å². The van der Waals surface area contributed by atoms with Crippen LogP contribution in [0.15, 0.2) is 23.2 Å². The van der Waals surface area contributed by atoms with Gasteiger partial charge in [-0.25, -0.2) is 8.42 Å². The molecule has 0 saturated carbocycles. The van der Waals surface area contributed by atoms with Gasteiger partial charge in [0.1, 0.15) is 4.90 Å². The molecule has 0 amide bonds. The van der Waals surface area contributed by atoms with Crippen LogP contribution in [0.5, 0.6) is 0 Å². The smallest absolute Gasteiger partial charge is 0.246 e. The highest BCUT2D eigenvalue weighted by Gasteiger charge is 2.40. The van der Waals surface area contributed by atoms with Crippen molar-refractivity contribution in [3.8, 4) is 0 Å². The number of nitrogens with zero attached hydrogens (tertiary/aromatic N) is 2. The van der Waals surface area contributed by atoms with Gasteiger partial charge in [-0.05, 0) is 44.4 Å². The van der Waals surface area contributed by atoms with Crippen molar-refractivity contribution in [1.82, 2.24) is 14.5 Å². The Kier molecular flexibility index (Phi) is 3.46. The number of aromatic amines is 1. The molecule has 3 rings (SSSR count). The minimum Gasteiger partial charge on any atom is -0.281 e. The number of aryl methyl sites for hydroxylation is 1. The first kappa shape index (κ1) is 13.8. The molecule has 5 nitrogen and oxygen atoms in total. The molecule has 1 aliphatic heterocycles. The molecule has 110 valence electrons. The van der Waals surface area contributed by atoms with Gasteiger partial charge >= 0.3 is 0 Å². The summed E-state index contributed by atoms with van der Waals surface area (Å²) in [5.74, 6) is 0. The zero-order chi connectivity index (χ0) is 14.2. The minimum atomic E-state index is -3.41. The summed E-state index contributed by atoms with van der Waals surface area (Å²) in [7, 11) is -3.41. The van der Waals surface area contributed by atoms with E-state index in [9.17, 15) is 8.42 Å². The number of hydrogen-bond donors (Lipinski definition) is 1. The van der Waals surface area contributed by atoms with E-state index in [-0.39, 0.29) is 5.41 Å². The quantitative estimate of drug-likeness (QED) is 0.851. The van der Waals surface area contributed by atoms with Gasteiger partial charge in [-0.2, -0.15) is 9.40 Å². The van der Waals surface area contributed by atoms with Crippen molar-refractivity contribution in [2.75, 3.05) is 13.1 Å². The molecule has 1 unspecified atom stereocenters. The Bertz CT molecular complexity index is 620. The first-order valence-corrected chi connectivity index (χ1v) is 8.63. The molecular formula is C14H21N3O2S. The summed E-state index contributed by atoms with van der Waals surface area (Å²) in [6.07, 6.45) is 11.1. The Morgan fingerprint density at radius 2 is 2.20 bits per heavy atom. The van der Waals surface area contributed by atoms with Crippen LogP contribution in [0.1, 0.15) is 37.8 Å². The van der Waals surface area contributed by atoms with E-state index in [4.69, 9.17) is 0 Å². The van der Waals surface area contributed by atoms with Crippen molar-refractivity contribution in [3.05, 3.63) is 24.0 Å². The van der Waals surface area contributed by atoms with Gasteiger partial charge in [-0.15, -0.1) is 0 Å². The second kappa shape index (κ2) is 5.00. The average Bonchev–Trinajstić information content (AvgIpc) is 2.87. The van der Waals surface area contributed by atoms with E-state index in [0.29, 0.717) is 23.7 Å². The molecule has 0 aromatic carbocycles. The Hall–Kier alpha value is -1.14. The van der Waals surface area contributed by atoms with Crippen molar-refractivity contribution in [2.45, 2.75) is 43.9 Å². The molecule has 0 bridgehead atoms. The number of rotatable bonds is 2. The summed E-state index contributed by atoms with van der Waals surface area (Å²) in [6.45, 7) is 3.02. The summed E-state index contributed by atoms with van der Waals surface area (Å²) in [6, 6.07) is 0. The van der Waals surface area contributed by atoms with E-state index in [0.717, 1.165) is 32.1 Å². The van der Waals surface area contributed by atoms with Gasteiger partial charge in [0.25, 0.3) is 0 Å². The molecule has 1 fully saturated rings. The Morgan fingerprint density at radius 1 is 1.35 bits per heavy atom. The van der Waals surface area contributed by atoms with E-state index < -0.39 is 10.0 Å². The number of hydrogen-bond acceptors (Lipinski definition) is 3. The lowest BCUT2D eigenvalue weighted by molar-refractivity contribution is 0.132. The van der Waals surface area contributed by atoms with Crippen LogP contribution >= 0.6 is 0 Å². The molecule has 1 saturated heterocycles. The second-order valence-electron chi connectivity index (χ2n) is 6.02. The lowest BCUT2D eigenvalue weighted by atomic mass is 9.72. The maximum absolute atomic E-state index is 12.7. The Morgan fingerprint density at radius 3 is 2.85 bits per heavy atom. The van der Waals surface area contributed by atoms with Crippen LogP contribution in [0.4, 0.5) is 0 Å². The lowest BCUT2D eigenvalue weighted by Gasteiger charge is -2.43. The SMILES string of the molecule is Cc1[nH]ncc1S(=O)(=O)N1CCCC2(CC=CCC2)C1. The van der Waals surface area contributed by atoms with E-state index in [2.05, 4.69) is 22.3 Å². The molecule has 1 spiro atoms. The van der Waals surface area contributed by atoms with E-state index in [1.807, 2.05) is 0 Å². The number of nitrogens with one attached hydrogen (secondary N) is 1. The lowest BCUT2D eigenvalue weighted by Crippen LogP contribution is -2.46.